The number of para-hydroxylation sites is 1. The van der Waals surface area contributed by atoms with E-state index in [0.29, 0.717) is 10.7 Å². The van der Waals surface area contributed by atoms with Crippen molar-refractivity contribution >= 4 is 33.8 Å². The zero-order chi connectivity index (χ0) is 21.0. The molecule has 0 unspecified atom stereocenters. The fourth-order valence-electron chi connectivity index (χ4n) is 3.42. The number of anilines is 2. The van der Waals surface area contributed by atoms with Gasteiger partial charge in [0.05, 0.1) is 11.0 Å². The molecule has 1 aromatic heterocycles. The Bertz CT molecular complexity index is 988. The molecule has 0 saturated heterocycles. The van der Waals surface area contributed by atoms with E-state index in [1.165, 1.54) is 18.3 Å². The Morgan fingerprint density at radius 3 is 2.31 bits per heavy atom. The third-order valence-electron chi connectivity index (χ3n) is 5.06. The molecule has 0 spiro atoms. The van der Waals surface area contributed by atoms with E-state index in [-0.39, 0.29) is 6.42 Å². The van der Waals surface area contributed by atoms with Crippen molar-refractivity contribution in [1.82, 2.24) is 0 Å². The number of carbonyl (C=O) groups excluding carboxylic acids is 1. The molecular formula is C23H24N2O3S. The summed E-state index contributed by atoms with van der Waals surface area (Å²) in [5.41, 5.74) is 6.82. The van der Waals surface area contributed by atoms with Gasteiger partial charge in [-0.1, -0.05) is 48.5 Å². The molecule has 6 heteroatoms. The summed E-state index contributed by atoms with van der Waals surface area (Å²) in [5.74, 6) is -1.77. The topological polar surface area (TPSA) is 83.6 Å². The normalized spacial score (nSPS) is 14.0. The molecule has 0 fully saturated rings. The summed E-state index contributed by atoms with van der Waals surface area (Å²) in [6.45, 7) is 3.33. The van der Waals surface area contributed by atoms with Gasteiger partial charge in [0.1, 0.15) is 0 Å². The lowest BCUT2D eigenvalue weighted by molar-refractivity contribution is -0.147. The smallest absolute Gasteiger partial charge is 0.337 e. The standard InChI is InChI=1S/C23H24N2O3S/c1-16-9-6-7-12-19(16)25(20-13-8-14-29-20)23(2,22(27)28)21(26)18(24)15-17-10-4-3-5-11-17/h3-14,18H,15,24H2,1-2H3,(H,27,28)/t18-,23+/m0/s1. The molecule has 1 heterocycles. The molecule has 3 rings (SSSR count). The Kier molecular flexibility index (Phi) is 6.15. The molecule has 3 N–H and O–H groups in total. The number of rotatable bonds is 8. The highest BCUT2D eigenvalue weighted by molar-refractivity contribution is 7.14. The molecule has 0 bridgehead atoms. The fourth-order valence-corrected chi connectivity index (χ4v) is 4.26. The first-order valence-corrected chi connectivity index (χ1v) is 10.2. The molecule has 2 atom stereocenters. The highest BCUT2D eigenvalue weighted by Gasteiger charge is 2.50. The van der Waals surface area contributed by atoms with Crippen molar-refractivity contribution < 1.29 is 14.7 Å². The van der Waals surface area contributed by atoms with Gasteiger partial charge in [-0.25, -0.2) is 4.79 Å². The van der Waals surface area contributed by atoms with Crippen LogP contribution < -0.4 is 10.6 Å². The number of hydrogen-bond acceptors (Lipinski definition) is 5. The van der Waals surface area contributed by atoms with E-state index < -0.39 is 23.3 Å². The Balaban J connectivity index is 2.07. The number of carbonyl (C=O) groups is 2. The molecule has 0 aliphatic heterocycles. The minimum atomic E-state index is -1.86. The first-order chi connectivity index (χ1) is 13.9. The van der Waals surface area contributed by atoms with Gasteiger partial charge >= 0.3 is 5.97 Å². The van der Waals surface area contributed by atoms with Gasteiger partial charge in [0.2, 0.25) is 5.54 Å². The van der Waals surface area contributed by atoms with Gasteiger partial charge in [0.15, 0.2) is 5.78 Å². The SMILES string of the molecule is Cc1ccccc1N(c1cccs1)[C@@](C)(C(=O)O)C(=O)[C@@H](N)Cc1ccccc1. The highest BCUT2D eigenvalue weighted by Crippen LogP contribution is 2.39. The lowest BCUT2D eigenvalue weighted by Crippen LogP contribution is -2.61. The molecule has 0 aliphatic carbocycles. The maximum Gasteiger partial charge on any atom is 0.337 e. The molecule has 3 aromatic rings. The Morgan fingerprint density at radius 2 is 1.72 bits per heavy atom. The van der Waals surface area contributed by atoms with Crippen molar-refractivity contribution in [1.29, 1.82) is 0 Å². The number of Topliss-reactive ketones (excluding diaryl/α,β-unsaturated/α-hetero) is 1. The number of nitrogens with two attached hydrogens (primary N) is 1. The van der Waals surface area contributed by atoms with Crippen molar-refractivity contribution in [2.24, 2.45) is 5.73 Å². The summed E-state index contributed by atoms with van der Waals surface area (Å²) in [4.78, 5) is 27.6. The summed E-state index contributed by atoms with van der Waals surface area (Å²) in [6.07, 6.45) is 0.272. The maximum atomic E-state index is 13.5. The Labute approximate surface area is 174 Å². The number of carboxylic acids is 1. The predicted molar refractivity (Wildman–Crippen MR) is 117 cm³/mol. The van der Waals surface area contributed by atoms with Gasteiger partial charge in [-0.15, -0.1) is 11.3 Å². The first-order valence-electron chi connectivity index (χ1n) is 9.32. The van der Waals surface area contributed by atoms with E-state index in [0.717, 1.165) is 11.1 Å². The van der Waals surface area contributed by atoms with Crippen LogP contribution in [0.5, 0.6) is 0 Å². The molecule has 150 valence electrons. The monoisotopic (exact) mass is 408 g/mol. The van der Waals surface area contributed by atoms with E-state index in [2.05, 4.69) is 0 Å². The van der Waals surface area contributed by atoms with Gasteiger partial charge in [-0.3, -0.25) is 4.79 Å². The minimum Gasteiger partial charge on any atom is -0.479 e. The van der Waals surface area contributed by atoms with Crippen molar-refractivity contribution in [3.63, 3.8) is 0 Å². The quantitative estimate of drug-likeness (QED) is 0.547. The average Bonchev–Trinajstić information content (AvgIpc) is 3.23. The van der Waals surface area contributed by atoms with E-state index >= 15 is 0 Å². The summed E-state index contributed by atoms with van der Waals surface area (Å²) in [7, 11) is 0. The number of carboxylic acid groups (broad SMARTS) is 1. The van der Waals surface area contributed by atoms with Crippen LogP contribution in [0.2, 0.25) is 0 Å². The predicted octanol–water partition coefficient (Wildman–Crippen LogP) is 4.18. The van der Waals surface area contributed by atoms with Gasteiger partial charge < -0.3 is 15.7 Å². The largest absolute Gasteiger partial charge is 0.479 e. The number of nitrogens with zero attached hydrogens (tertiary/aromatic N) is 1. The molecular weight excluding hydrogens is 384 g/mol. The molecule has 0 saturated carbocycles. The van der Waals surface area contributed by atoms with Gasteiger partial charge in [-0.2, -0.15) is 0 Å². The van der Waals surface area contributed by atoms with Crippen LogP contribution in [-0.2, 0) is 16.0 Å². The van der Waals surface area contributed by atoms with Crippen LogP contribution in [0.25, 0.3) is 0 Å². The van der Waals surface area contributed by atoms with Crippen LogP contribution in [0.1, 0.15) is 18.1 Å². The van der Waals surface area contributed by atoms with Crippen LogP contribution in [0.3, 0.4) is 0 Å². The van der Waals surface area contributed by atoms with E-state index in [1.54, 1.807) is 4.90 Å². The second-order valence-electron chi connectivity index (χ2n) is 7.11. The number of hydrogen-bond donors (Lipinski definition) is 2. The number of ketones is 1. The average molecular weight is 409 g/mol. The minimum absolute atomic E-state index is 0.272. The van der Waals surface area contributed by atoms with Crippen LogP contribution in [-0.4, -0.2) is 28.4 Å². The van der Waals surface area contributed by atoms with Crippen LogP contribution >= 0.6 is 11.3 Å². The number of aliphatic carboxylic acids is 1. The Hall–Kier alpha value is -2.96. The zero-order valence-corrected chi connectivity index (χ0v) is 17.2. The second-order valence-corrected chi connectivity index (χ2v) is 8.04. The summed E-state index contributed by atoms with van der Waals surface area (Å²) in [5, 5.41) is 12.8. The summed E-state index contributed by atoms with van der Waals surface area (Å²) >= 11 is 1.38. The Morgan fingerprint density at radius 1 is 1.07 bits per heavy atom. The third-order valence-corrected chi connectivity index (χ3v) is 5.91. The fraction of sp³-hybridized carbons (Fsp3) is 0.217. The third kappa shape index (κ3) is 4.09. The molecule has 5 nitrogen and oxygen atoms in total. The highest BCUT2D eigenvalue weighted by atomic mass is 32.1. The zero-order valence-electron chi connectivity index (χ0n) is 16.4. The molecule has 0 amide bonds. The van der Waals surface area contributed by atoms with Crippen LogP contribution in [0.4, 0.5) is 10.7 Å². The molecule has 0 aliphatic rings. The number of thiophene rings is 1. The van der Waals surface area contributed by atoms with E-state index in [9.17, 15) is 14.7 Å². The van der Waals surface area contributed by atoms with Gasteiger partial charge in [0, 0.05) is 5.69 Å². The van der Waals surface area contributed by atoms with Crippen molar-refractivity contribution in [2.45, 2.75) is 31.8 Å². The maximum absolute atomic E-state index is 13.5. The summed E-state index contributed by atoms with van der Waals surface area (Å²) in [6, 6.07) is 19.5. The van der Waals surface area contributed by atoms with Crippen LogP contribution in [0.15, 0.2) is 72.1 Å². The van der Waals surface area contributed by atoms with Crippen molar-refractivity contribution in [3.8, 4) is 0 Å². The van der Waals surface area contributed by atoms with E-state index in [4.69, 9.17) is 5.73 Å². The molecule has 0 radical (unpaired) electrons. The van der Waals surface area contributed by atoms with Gasteiger partial charge in [0.25, 0.3) is 0 Å². The van der Waals surface area contributed by atoms with Crippen molar-refractivity contribution in [2.75, 3.05) is 4.90 Å². The first kappa shape index (κ1) is 20.8. The van der Waals surface area contributed by atoms with E-state index in [1.807, 2.05) is 79.0 Å². The molecule has 2 aromatic carbocycles. The number of aryl methyl sites for hydroxylation is 1. The molecule has 29 heavy (non-hydrogen) atoms. The summed E-state index contributed by atoms with van der Waals surface area (Å²) < 4.78 is 0. The lowest BCUT2D eigenvalue weighted by atomic mass is 9.86. The lowest BCUT2D eigenvalue weighted by Gasteiger charge is -2.39. The van der Waals surface area contributed by atoms with Crippen LogP contribution in [0, 0.1) is 6.92 Å². The second kappa shape index (κ2) is 8.59. The van der Waals surface area contributed by atoms with Gasteiger partial charge in [-0.05, 0) is 55.0 Å². The number of benzene rings is 2. The van der Waals surface area contributed by atoms with Crippen molar-refractivity contribution in [3.05, 3.63) is 83.2 Å².